The van der Waals surface area contributed by atoms with Gasteiger partial charge in [-0.05, 0) is 38.0 Å². The van der Waals surface area contributed by atoms with Gasteiger partial charge in [0.15, 0.2) is 0 Å². The molecule has 0 aliphatic heterocycles. The summed E-state index contributed by atoms with van der Waals surface area (Å²) in [5.74, 6) is -0.875. The molecule has 0 aromatic heterocycles. The first-order chi connectivity index (χ1) is 13.7. The van der Waals surface area contributed by atoms with Gasteiger partial charge in [0.2, 0.25) is 0 Å². The Morgan fingerprint density at radius 2 is 1.79 bits per heavy atom. The molecular weight excluding hydrogens is 377 g/mol. The molecule has 7 heteroatoms. The number of hydrogen-bond donors (Lipinski definition) is 1. The summed E-state index contributed by atoms with van der Waals surface area (Å²) in [7, 11) is 1.20. The Balaban J connectivity index is 2.04. The standard InChI is InChI=1S/C22H26FNO5/c1-22(2,3)29-21(26)24-19(20(25)27-4)12-16-10-11-17(13-18(16)23)28-14-15-8-6-5-7-9-15/h5-11,13,19H,12,14H2,1-4H3,(H,24,26). The predicted molar refractivity (Wildman–Crippen MR) is 106 cm³/mol. The van der Waals surface area contributed by atoms with E-state index >= 15 is 0 Å². The van der Waals surface area contributed by atoms with Gasteiger partial charge in [0.25, 0.3) is 0 Å². The van der Waals surface area contributed by atoms with Crippen molar-refractivity contribution < 1.29 is 28.2 Å². The first-order valence-corrected chi connectivity index (χ1v) is 9.20. The maximum absolute atomic E-state index is 14.5. The van der Waals surface area contributed by atoms with E-state index in [1.807, 2.05) is 30.3 Å². The van der Waals surface area contributed by atoms with Crippen LogP contribution in [-0.2, 0) is 27.3 Å². The van der Waals surface area contributed by atoms with Gasteiger partial charge in [0.05, 0.1) is 7.11 Å². The van der Waals surface area contributed by atoms with Crippen LogP contribution in [0.1, 0.15) is 31.9 Å². The van der Waals surface area contributed by atoms with Crippen molar-refractivity contribution in [1.82, 2.24) is 5.32 Å². The summed E-state index contributed by atoms with van der Waals surface area (Å²) < 4.78 is 30.0. The van der Waals surface area contributed by atoms with Gasteiger partial charge in [-0.2, -0.15) is 0 Å². The van der Waals surface area contributed by atoms with Crippen molar-refractivity contribution in [1.29, 1.82) is 0 Å². The Kier molecular flexibility index (Phi) is 7.59. The van der Waals surface area contributed by atoms with Gasteiger partial charge in [-0.1, -0.05) is 36.4 Å². The van der Waals surface area contributed by atoms with E-state index in [0.29, 0.717) is 12.4 Å². The van der Waals surface area contributed by atoms with Crippen LogP contribution >= 0.6 is 0 Å². The summed E-state index contributed by atoms with van der Waals surface area (Å²) in [4.78, 5) is 24.0. The Hall–Kier alpha value is -3.09. The molecule has 2 rings (SSSR count). The van der Waals surface area contributed by atoms with Gasteiger partial charge in [-0.15, -0.1) is 0 Å². The van der Waals surface area contributed by atoms with Crippen LogP contribution in [-0.4, -0.2) is 30.8 Å². The number of ether oxygens (including phenoxy) is 3. The SMILES string of the molecule is COC(=O)C(Cc1ccc(OCc2ccccc2)cc1F)NC(=O)OC(C)(C)C. The lowest BCUT2D eigenvalue weighted by Gasteiger charge is -2.22. The summed E-state index contributed by atoms with van der Waals surface area (Å²) in [5, 5.41) is 2.43. The largest absolute Gasteiger partial charge is 0.489 e. The van der Waals surface area contributed by atoms with Crippen LogP contribution in [0.15, 0.2) is 48.5 Å². The number of carbonyl (C=O) groups excluding carboxylic acids is 2. The third-order valence-corrected chi connectivity index (χ3v) is 3.87. The van der Waals surface area contributed by atoms with E-state index in [1.165, 1.54) is 19.2 Å². The molecule has 0 radical (unpaired) electrons. The maximum Gasteiger partial charge on any atom is 0.408 e. The second kappa shape index (κ2) is 9.91. The number of rotatable bonds is 7. The van der Waals surface area contributed by atoms with Crippen LogP contribution in [0.3, 0.4) is 0 Å². The van der Waals surface area contributed by atoms with Gasteiger partial charge in [-0.3, -0.25) is 0 Å². The number of hydrogen-bond acceptors (Lipinski definition) is 5. The first-order valence-electron chi connectivity index (χ1n) is 9.20. The molecule has 2 aromatic rings. The number of amides is 1. The molecule has 1 unspecified atom stereocenters. The van der Waals surface area contributed by atoms with Crippen molar-refractivity contribution in [3.63, 3.8) is 0 Å². The number of carbonyl (C=O) groups is 2. The summed E-state index contributed by atoms with van der Waals surface area (Å²) in [5.41, 5.74) is 0.473. The van der Waals surface area contributed by atoms with Gasteiger partial charge < -0.3 is 19.5 Å². The smallest absolute Gasteiger partial charge is 0.408 e. The minimum Gasteiger partial charge on any atom is -0.489 e. The molecule has 156 valence electrons. The average molecular weight is 403 g/mol. The second-order valence-corrected chi connectivity index (χ2v) is 7.45. The highest BCUT2D eigenvalue weighted by molar-refractivity contribution is 5.81. The number of methoxy groups -OCH3 is 1. The molecule has 1 N–H and O–H groups in total. The Bertz CT molecular complexity index is 833. The normalized spacial score (nSPS) is 12.0. The molecule has 2 aromatic carbocycles. The lowest BCUT2D eigenvalue weighted by atomic mass is 10.1. The highest BCUT2D eigenvalue weighted by atomic mass is 19.1. The van der Waals surface area contributed by atoms with E-state index in [2.05, 4.69) is 5.32 Å². The molecule has 0 heterocycles. The summed E-state index contributed by atoms with van der Waals surface area (Å²) in [6, 6.07) is 12.8. The Morgan fingerprint density at radius 3 is 2.38 bits per heavy atom. The molecule has 1 atom stereocenters. The molecule has 0 saturated carbocycles. The number of benzene rings is 2. The van der Waals surface area contributed by atoms with E-state index in [9.17, 15) is 14.0 Å². The van der Waals surface area contributed by atoms with Crippen LogP contribution in [0.2, 0.25) is 0 Å². The van der Waals surface area contributed by atoms with E-state index in [1.54, 1.807) is 26.8 Å². The summed E-state index contributed by atoms with van der Waals surface area (Å²) in [6.07, 6.45) is -0.868. The highest BCUT2D eigenvalue weighted by Gasteiger charge is 2.26. The third kappa shape index (κ3) is 7.44. The zero-order valence-corrected chi connectivity index (χ0v) is 17.0. The van der Waals surface area contributed by atoms with Gasteiger partial charge in [-0.25, -0.2) is 14.0 Å². The fraction of sp³-hybridized carbons (Fsp3) is 0.364. The average Bonchev–Trinajstić information content (AvgIpc) is 2.66. The first kappa shape index (κ1) is 22.2. The van der Waals surface area contributed by atoms with Crippen LogP contribution in [0, 0.1) is 5.82 Å². The number of esters is 1. The van der Waals surface area contributed by atoms with Gasteiger partial charge in [0.1, 0.15) is 29.8 Å². The molecule has 0 aliphatic rings. The third-order valence-electron chi connectivity index (χ3n) is 3.87. The minimum atomic E-state index is -1.08. The van der Waals surface area contributed by atoms with E-state index < -0.39 is 29.5 Å². The molecule has 0 bridgehead atoms. The second-order valence-electron chi connectivity index (χ2n) is 7.45. The molecule has 0 spiro atoms. The zero-order chi connectivity index (χ0) is 21.4. The number of nitrogens with one attached hydrogen (secondary N) is 1. The monoisotopic (exact) mass is 403 g/mol. The summed E-state index contributed by atoms with van der Waals surface area (Å²) in [6.45, 7) is 5.42. The van der Waals surface area contributed by atoms with Crippen LogP contribution in [0.4, 0.5) is 9.18 Å². The molecule has 29 heavy (non-hydrogen) atoms. The van der Waals surface area contributed by atoms with E-state index in [0.717, 1.165) is 5.56 Å². The quantitative estimate of drug-likeness (QED) is 0.707. The van der Waals surface area contributed by atoms with Crippen molar-refractivity contribution in [2.24, 2.45) is 0 Å². The van der Waals surface area contributed by atoms with Crippen molar-refractivity contribution >= 4 is 12.1 Å². The lowest BCUT2D eigenvalue weighted by molar-refractivity contribution is -0.143. The fourth-order valence-corrected chi connectivity index (χ4v) is 2.53. The fourth-order valence-electron chi connectivity index (χ4n) is 2.53. The highest BCUT2D eigenvalue weighted by Crippen LogP contribution is 2.20. The molecule has 0 saturated heterocycles. The number of halogens is 1. The van der Waals surface area contributed by atoms with E-state index in [4.69, 9.17) is 14.2 Å². The van der Waals surface area contributed by atoms with Crippen LogP contribution in [0.5, 0.6) is 5.75 Å². The van der Waals surface area contributed by atoms with Crippen LogP contribution < -0.4 is 10.1 Å². The van der Waals surface area contributed by atoms with Gasteiger partial charge in [0, 0.05) is 12.5 Å². The topological polar surface area (TPSA) is 73.9 Å². The van der Waals surface area contributed by atoms with Crippen molar-refractivity contribution in [2.75, 3.05) is 7.11 Å². The minimum absolute atomic E-state index is 0.0866. The Labute approximate surface area is 170 Å². The molecule has 0 fully saturated rings. The molecule has 6 nitrogen and oxygen atoms in total. The Morgan fingerprint density at radius 1 is 1.10 bits per heavy atom. The molecule has 0 aliphatic carbocycles. The molecule has 1 amide bonds. The predicted octanol–water partition coefficient (Wildman–Crippen LogP) is 4.01. The van der Waals surface area contributed by atoms with Crippen molar-refractivity contribution in [3.05, 3.63) is 65.5 Å². The van der Waals surface area contributed by atoms with Crippen molar-refractivity contribution in [2.45, 2.75) is 45.4 Å². The maximum atomic E-state index is 14.5. The van der Waals surface area contributed by atoms with E-state index in [-0.39, 0.29) is 12.0 Å². The van der Waals surface area contributed by atoms with Crippen molar-refractivity contribution in [3.8, 4) is 5.75 Å². The van der Waals surface area contributed by atoms with Crippen LogP contribution in [0.25, 0.3) is 0 Å². The lowest BCUT2D eigenvalue weighted by Crippen LogP contribution is -2.45. The zero-order valence-electron chi connectivity index (χ0n) is 17.0. The molecular formula is C22H26FNO5. The van der Waals surface area contributed by atoms with Gasteiger partial charge >= 0.3 is 12.1 Å². The summed E-state index contributed by atoms with van der Waals surface area (Å²) >= 11 is 0. The number of alkyl carbamates (subject to hydrolysis) is 1.